The summed E-state index contributed by atoms with van der Waals surface area (Å²) in [4.78, 5) is 39.9. The highest BCUT2D eigenvalue weighted by Crippen LogP contribution is 2.38. The van der Waals surface area contributed by atoms with Gasteiger partial charge in [0.25, 0.3) is 11.5 Å². The van der Waals surface area contributed by atoms with Crippen LogP contribution in [-0.4, -0.2) is 46.3 Å². The third-order valence-corrected chi connectivity index (χ3v) is 6.12. The fourth-order valence-corrected chi connectivity index (χ4v) is 4.54. The first-order valence-corrected chi connectivity index (χ1v) is 11.0. The van der Waals surface area contributed by atoms with Gasteiger partial charge in [0.15, 0.2) is 17.2 Å². The number of nitrogens with two attached hydrogens (primary N) is 1. The van der Waals surface area contributed by atoms with Crippen LogP contribution in [0.4, 0.5) is 0 Å². The Labute approximate surface area is 189 Å². The zero-order valence-electron chi connectivity index (χ0n) is 18.0. The molecular weight excluding hydrogens is 424 g/mol. The average molecular weight is 448 g/mol. The van der Waals surface area contributed by atoms with Gasteiger partial charge in [-0.3, -0.25) is 14.4 Å². The number of carbonyl (C=O) groups excluding carboxylic acids is 2. The van der Waals surface area contributed by atoms with Gasteiger partial charge in [-0.1, -0.05) is 24.3 Å². The number of hydrogen-bond donors (Lipinski definition) is 1. The van der Waals surface area contributed by atoms with Crippen molar-refractivity contribution in [1.29, 1.82) is 0 Å². The van der Waals surface area contributed by atoms with Crippen LogP contribution in [0.15, 0.2) is 47.3 Å². The van der Waals surface area contributed by atoms with Crippen LogP contribution in [0.1, 0.15) is 41.4 Å². The van der Waals surface area contributed by atoms with Crippen LogP contribution in [0.3, 0.4) is 0 Å². The molecule has 170 valence electrons. The lowest BCUT2D eigenvalue weighted by Gasteiger charge is -2.26. The normalized spacial score (nSPS) is 17.7. The van der Waals surface area contributed by atoms with Crippen molar-refractivity contribution in [2.24, 2.45) is 5.73 Å². The molecule has 2 aliphatic rings. The molecule has 33 heavy (non-hydrogen) atoms. The number of rotatable bonds is 4. The maximum absolute atomic E-state index is 13.3. The summed E-state index contributed by atoms with van der Waals surface area (Å²) in [7, 11) is 0. The first-order chi connectivity index (χ1) is 16.0. The second-order valence-electron chi connectivity index (χ2n) is 8.22. The summed E-state index contributed by atoms with van der Waals surface area (Å²) in [5, 5.41) is 4.80. The number of likely N-dealkylation sites (tertiary alicyclic amines) is 1. The van der Waals surface area contributed by atoms with Gasteiger partial charge in [-0.2, -0.15) is 5.10 Å². The molecule has 0 aliphatic carbocycles. The van der Waals surface area contributed by atoms with E-state index in [9.17, 15) is 14.4 Å². The van der Waals surface area contributed by atoms with Crippen LogP contribution in [0, 0.1) is 0 Å². The topological polar surface area (TPSA) is 117 Å². The van der Waals surface area contributed by atoms with E-state index in [4.69, 9.17) is 15.2 Å². The summed E-state index contributed by atoms with van der Waals surface area (Å²) in [5.74, 6) is 0.393. The Balaban J connectivity index is 1.44. The SMILES string of the molecule is NC(=O)c1nn(CC(=O)N2CCC[C@@H]2c2ccc3c(c2)OCCCO3)c(=O)c2ccccc12. The highest BCUT2D eigenvalue weighted by Gasteiger charge is 2.31. The third kappa shape index (κ3) is 3.90. The molecule has 1 fully saturated rings. The van der Waals surface area contributed by atoms with Crippen LogP contribution in [0.5, 0.6) is 11.5 Å². The molecule has 1 aromatic heterocycles. The van der Waals surface area contributed by atoms with Gasteiger partial charge in [0, 0.05) is 18.4 Å². The Morgan fingerprint density at radius 1 is 1.03 bits per heavy atom. The highest BCUT2D eigenvalue weighted by atomic mass is 16.5. The van der Waals surface area contributed by atoms with Crippen molar-refractivity contribution in [3.63, 3.8) is 0 Å². The molecule has 0 bridgehead atoms. The first-order valence-electron chi connectivity index (χ1n) is 11.0. The van der Waals surface area contributed by atoms with Crippen molar-refractivity contribution < 1.29 is 19.1 Å². The fraction of sp³-hybridized carbons (Fsp3) is 0.333. The van der Waals surface area contributed by atoms with E-state index in [0.29, 0.717) is 42.0 Å². The van der Waals surface area contributed by atoms with Gasteiger partial charge >= 0.3 is 0 Å². The molecule has 2 N–H and O–H groups in total. The minimum absolute atomic E-state index is 0.0288. The molecule has 3 heterocycles. The number of primary amides is 1. The van der Waals surface area contributed by atoms with Gasteiger partial charge in [-0.25, -0.2) is 4.68 Å². The summed E-state index contributed by atoms with van der Waals surface area (Å²) < 4.78 is 12.5. The molecule has 2 amide bonds. The molecule has 0 radical (unpaired) electrons. The molecular formula is C24H24N4O5. The van der Waals surface area contributed by atoms with Crippen LogP contribution in [0.2, 0.25) is 0 Å². The molecule has 9 nitrogen and oxygen atoms in total. The summed E-state index contributed by atoms with van der Waals surface area (Å²) in [6, 6.07) is 12.3. The van der Waals surface area contributed by atoms with Crippen LogP contribution in [-0.2, 0) is 11.3 Å². The zero-order valence-corrected chi connectivity index (χ0v) is 18.0. The van der Waals surface area contributed by atoms with Gasteiger partial charge in [0.2, 0.25) is 5.91 Å². The van der Waals surface area contributed by atoms with Gasteiger partial charge in [0.1, 0.15) is 6.54 Å². The molecule has 3 aromatic rings. The van der Waals surface area contributed by atoms with E-state index in [-0.39, 0.29) is 24.2 Å². The Morgan fingerprint density at radius 3 is 2.58 bits per heavy atom. The van der Waals surface area contributed by atoms with Crippen molar-refractivity contribution in [2.45, 2.75) is 31.8 Å². The van der Waals surface area contributed by atoms with E-state index in [1.54, 1.807) is 29.2 Å². The number of ether oxygens (including phenoxy) is 2. The molecule has 1 atom stereocenters. The Morgan fingerprint density at radius 2 is 1.79 bits per heavy atom. The van der Waals surface area contributed by atoms with E-state index in [2.05, 4.69) is 5.10 Å². The lowest BCUT2D eigenvalue weighted by Crippen LogP contribution is -2.38. The van der Waals surface area contributed by atoms with Gasteiger partial charge in [0.05, 0.1) is 24.6 Å². The summed E-state index contributed by atoms with van der Waals surface area (Å²) in [6.45, 7) is 1.50. The van der Waals surface area contributed by atoms with E-state index in [1.807, 2.05) is 18.2 Å². The number of amides is 2. The molecule has 9 heteroatoms. The average Bonchev–Trinajstić information content (AvgIpc) is 3.19. The van der Waals surface area contributed by atoms with E-state index in [0.717, 1.165) is 29.5 Å². The van der Waals surface area contributed by atoms with Crippen molar-refractivity contribution in [1.82, 2.24) is 14.7 Å². The lowest BCUT2D eigenvalue weighted by atomic mass is 10.0. The Kier molecular flexibility index (Phi) is 5.45. The number of carbonyl (C=O) groups is 2. The van der Waals surface area contributed by atoms with Crippen molar-refractivity contribution in [2.75, 3.05) is 19.8 Å². The minimum atomic E-state index is -0.751. The number of hydrogen-bond acceptors (Lipinski definition) is 6. The van der Waals surface area contributed by atoms with Crippen molar-refractivity contribution in [3.05, 3.63) is 64.1 Å². The predicted molar refractivity (Wildman–Crippen MR) is 120 cm³/mol. The molecule has 2 aliphatic heterocycles. The minimum Gasteiger partial charge on any atom is -0.490 e. The number of fused-ring (bicyclic) bond motifs is 2. The molecule has 0 spiro atoms. The largest absolute Gasteiger partial charge is 0.490 e. The van der Waals surface area contributed by atoms with Crippen molar-refractivity contribution in [3.8, 4) is 11.5 Å². The monoisotopic (exact) mass is 448 g/mol. The second-order valence-corrected chi connectivity index (χ2v) is 8.22. The second kappa shape index (κ2) is 8.57. The highest BCUT2D eigenvalue weighted by molar-refractivity contribution is 6.04. The number of nitrogens with zero attached hydrogens (tertiary/aromatic N) is 3. The maximum Gasteiger partial charge on any atom is 0.275 e. The third-order valence-electron chi connectivity index (χ3n) is 6.12. The standard InChI is InChI=1S/C24H24N4O5/c25-23(30)22-16-5-1-2-6-17(16)24(31)28(26-22)14-21(29)27-10-3-7-18(27)15-8-9-19-20(13-15)33-12-4-11-32-19/h1-2,5-6,8-9,13,18H,3-4,7,10-12,14H2,(H2,25,30)/t18-/m1/s1. The van der Waals surface area contributed by atoms with Crippen LogP contribution in [0.25, 0.3) is 10.8 Å². The smallest absolute Gasteiger partial charge is 0.275 e. The summed E-state index contributed by atoms with van der Waals surface area (Å²) in [6.07, 6.45) is 2.47. The van der Waals surface area contributed by atoms with E-state index in [1.165, 1.54) is 0 Å². The predicted octanol–water partition coefficient (Wildman–Crippen LogP) is 2.02. The lowest BCUT2D eigenvalue weighted by molar-refractivity contribution is -0.133. The van der Waals surface area contributed by atoms with Crippen LogP contribution < -0.4 is 20.8 Å². The number of benzene rings is 2. The molecule has 1 saturated heterocycles. The molecule has 2 aromatic carbocycles. The molecule has 5 rings (SSSR count). The molecule has 0 unspecified atom stereocenters. The Hall–Kier alpha value is -3.88. The quantitative estimate of drug-likeness (QED) is 0.653. The summed E-state index contributed by atoms with van der Waals surface area (Å²) in [5.41, 5.74) is 5.98. The van der Waals surface area contributed by atoms with Crippen molar-refractivity contribution >= 4 is 22.6 Å². The number of aromatic nitrogens is 2. The van der Waals surface area contributed by atoms with Crippen LogP contribution >= 0.6 is 0 Å². The van der Waals surface area contributed by atoms with E-state index >= 15 is 0 Å². The Bertz CT molecular complexity index is 1300. The fourth-order valence-electron chi connectivity index (χ4n) is 4.54. The van der Waals surface area contributed by atoms with Gasteiger partial charge in [-0.05, 0) is 36.6 Å². The molecule has 0 saturated carbocycles. The maximum atomic E-state index is 13.3. The first kappa shape index (κ1) is 21.0. The van der Waals surface area contributed by atoms with Gasteiger partial charge in [-0.15, -0.1) is 0 Å². The van der Waals surface area contributed by atoms with E-state index < -0.39 is 11.5 Å². The van der Waals surface area contributed by atoms with Gasteiger partial charge < -0.3 is 20.1 Å². The zero-order chi connectivity index (χ0) is 22.9. The summed E-state index contributed by atoms with van der Waals surface area (Å²) >= 11 is 0.